The number of carbonyl (C=O) groups excluding carboxylic acids is 1. The summed E-state index contributed by atoms with van der Waals surface area (Å²) in [6.07, 6.45) is 0. The Balaban J connectivity index is 1.26. The summed E-state index contributed by atoms with van der Waals surface area (Å²) in [5.74, 6) is 1.15. The second kappa shape index (κ2) is 8.96. The molecule has 0 unspecified atom stereocenters. The molecule has 2 aromatic carbocycles. The summed E-state index contributed by atoms with van der Waals surface area (Å²) in [5, 5.41) is 5.74. The zero-order chi connectivity index (χ0) is 23.8. The normalized spacial score (nSPS) is 11.3. The lowest BCUT2D eigenvalue weighted by molar-refractivity contribution is 0.262. The Labute approximate surface area is 203 Å². The molecule has 0 fully saturated rings. The van der Waals surface area contributed by atoms with Crippen LogP contribution in [0.15, 0.2) is 62.2 Å². The number of carbonyl (C=O) groups is 1. The highest BCUT2D eigenvalue weighted by atomic mass is 32.2. The second-order valence-corrected chi connectivity index (χ2v) is 10.2. The zero-order valence-electron chi connectivity index (χ0n) is 18.7. The van der Waals surface area contributed by atoms with Crippen LogP contribution in [0.25, 0.3) is 15.9 Å². The Hall–Kier alpha value is -3.63. The van der Waals surface area contributed by atoms with Crippen LogP contribution in [0.4, 0.5) is 16.2 Å². The Kier molecular flexibility index (Phi) is 5.84. The summed E-state index contributed by atoms with van der Waals surface area (Å²) in [5.41, 5.74) is 5.50. The highest BCUT2D eigenvalue weighted by Crippen LogP contribution is 2.32. The highest BCUT2D eigenvalue weighted by molar-refractivity contribution is 8.00. The number of fused-ring (bicyclic) bond motifs is 2. The van der Waals surface area contributed by atoms with Gasteiger partial charge >= 0.3 is 6.03 Å². The molecule has 2 amide bonds. The molecule has 3 heterocycles. The SMILES string of the molecule is Cc1cc2nc(CSc3nc4ccc(NC(=O)Nc5ccc(C)c(C)c5)cc4s3)cc(=O)n2o1. The zero-order valence-corrected chi connectivity index (χ0v) is 20.3. The molecule has 3 aromatic heterocycles. The van der Waals surface area contributed by atoms with Crippen LogP contribution in [-0.2, 0) is 5.75 Å². The largest absolute Gasteiger partial charge is 0.375 e. The number of anilines is 2. The van der Waals surface area contributed by atoms with Gasteiger partial charge in [0.25, 0.3) is 5.56 Å². The molecule has 0 saturated heterocycles. The third kappa shape index (κ3) is 4.68. The first kappa shape index (κ1) is 22.2. The van der Waals surface area contributed by atoms with Gasteiger partial charge in [0.2, 0.25) is 0 Å². The molecule has 10 heteroatoms. The average Bonchev–Trinajstić information content (AvgIpc) is 3.37. The molecule has 0 spiro atoms. The van der Waals surface area contributed by atoms with Crippen LogP contribution in [0, 0.1) is 20.8 Å². The van der Waals surface area contributed by atoms with Crippen LogP contribution in [0.2, 0.25) is 0 Å². The Morgan fingerprint density at radius 3 is 2.56 bits per heavy atom. The second-order valence-electron chi connectivity index (χ2n) is 7.91. The van der Waals surface area contributed by atoms with Crippen LogP contribution in [0.3, 0.4) is 0 Å². The van der Waals surface area contributed by atoms with Crippen molar-refractivity contribution in [3.8, 4) is 0 Å². The minimum Gasteiger partial charge on any atom is -0.375 e. The van der Waals surface area contributed by atoms with Crippen LogP contribution < -0.4 is 16.2 Å². The number of aryl methyl sites for hydroxylation is 3. The van der Waals surface area contributed by atoms with Gasteiger partial charge in [-0.05, 0) is 62.2 Å². The number of nitrogens with zero attached hydrogens (tertiary/aromatic N) is 3. The number of benzene rings is 2. The molecule has 34 heavy (non-hydrogen) atoms. The van der Waals surface area contributed by atoms with Gasteiger partial charge in [-0.1, -0.05) is 17.8 Å². The number of nitrogens with one attached hydrogen (secondary N) is 2. The lowest BCUT2D eigenvalue weighted by Gasteiger charge is -2.09. The van der Waals surface area contributed by atoms with E-state index in [4.69, 9.17) is 4.52 Å². The van der Waals surface area contributed by atoms with Gasteiger partial charge in [0, 0.05) is 29.3 Å². The van der Waals surface area contributed by atoms with E-state index >= 15 is 0 Å². The van der Waals surface area contributed by atoms with Crippen molar-refractivity contribution in [2.75, 3.05) is 10.6 Å². The quantitative estimate of drug-likeness (QED) is 0.303. The first-order valence-electron chi connectivity index (χ1n) is 10.5. The minimum absolute atomic E-state index is 0.243. The standard InChI is InChI=1S/C24H21N5O3S2/c1-13-4-5-16(8-14(13)2)26-23(31)27-17-6-7-19-20(10-17)34-24(28-19)33-12-18-11-22(30)29-21(25-18)9-15(3)32-29/h4-11H,12H2,1-3H3,(H2,26,27,31). The van der Waals surface area contributed by atoms with Crippen molar-refractivity contribution in [2.24, 2.45) is 0 Å². The molecule has 0 atom stereocenters. The van der Waals surface area contributed by atoms with E-state index < -0.39 is 0 Å². The van der Waals surface area contributed by atoms with Crippen molar-refractivity contribution < 1.29 is 9.32 Å². The summed E-state index contributed by atoms with van der Waals surface area (Å²) in [7, 11) is 0. The number of rotatable bonds is 5. The third-order valence-corrected chi connectivity index (χ3v) is 7.45. The lowest BCUT2D eigenvalue weighted by Crippen LogP contribution is -2.19. The van der Waals surface area contributed by atoms with E-state index in [0.29, 0.717) is 28.5 Å². The van der Waals surface area contributed by atoms with Crippen LogP contribution in [0.5, 0.6) is 0 Å². The number of aromatic nitrogens is 3. The molecule has 0 radical (unpaired) electrons. The Morgan fingerprint density at radius 2 is 1.76 bits per heavy atom. The predicted octanol–water partition coefficient (Wildman–Crippen LogP) is 5.76. The summed E-state index contributed by atoms with van der Waals surface area (Å²) in [4.78, 5) is 33.8. The van der Waals surface area contributed by atoms with Gasteiger partial charge < -0.3 is 15.2 Å². The first-order chi connectivity index (χ1) is 16.3. The van der Waals surface area contributed by atoms with Crippen molar-refractivity contribution in [2.45, 2.75) is 30.9 Å². The molecule has 8 nitrogen and oxygen atoms in total. The van der Waals surface area contributed by atoms with Crippen LogP contribution >= 0.6 is 23.1 Å². The number of hydrogen-bond donors (Lipinski definition) is 2. The average molecular weight is 492 g/mol. The molecule has 0 aliphatic rings. The highest BCUT2D eigenvalue weighted by Gasteiger charge is 2.11. The Bertz CT molecular complexity index is 1600. The van der Waals surface area contributed by atoms with Crippen molar-refractivity contribution in [1.29, 1.82) is 0 Å². The molecule has 0 aliphatic heterocycles. The number of thiazole rings is 1. The fourth-order valence-electron chi connectivity index (χ4n) is 3.44. The molecule has 0 aliphatic carbocycles. The van der Waals surface area contributed by atoms with Crippen molar-refractivity contribution in [3.05, 3.63) is 81.5 Å². The van der Waals surface area contributed by atoms with Crippen LogP contribution in [0.1, 0.15) is 22.6 Å². The summed E-state index contributed by atoms with van der Waals surface area (Å²) < 4.78 is 8.33. The monoisotopic (exact) mass is 491 g/mol. The van der Waals surface area contributed by atoms with Gasteiger partial charge in [0.05, 0.1) is 15.9 Å². The maximum absolute atomic E-state index is 12.4. The molecule has 0 bridgehead atoms. The van der Waals surface area contributed by atoms with Gasteiger partial charge in [-0.25, -0.2) is 14.8 Å². The summed E-state index contributed by atoms with van der Waals surface area (Å²) in [6.45, 7) is 5.82. The van der Waals surface area contributed by atoms with Gasteiger partial charge in [-0.15, -0.1) is 15.9 Å². The fraction of sp³-hybridized carbons (Fsp3) is 0.167. The first-order valence-corrected chi connectivity index (χ1v) is 12.3. The van der Waals surface area contributed by atoms with Crippen molar-refractivity contribution in [1.82, 2.24) is 14.5 Å². The van der Waals surface area contributed by atoms with Crippen molar-refractivity contribution in [3.63, 3.8) is 0 Å². The number of amides is 2. The van der Waals surface area contributed by atoms with Crippen LogP contribution in [-0.4, -0.2) is 20.6 Å². The number of hydrogen-bond acceptors (Lipinski definition) is 7. The van der Waals surface area contributed by atoms with E-state index in [0.717, 1.165) is 25.8 Å². The van der Waals surface area contributed by atoms with E-state index in [1.54, 1.807) is 13.0 Å². The molecule has 172 valence electrons. The van der Waals surface area contributed by atoms with Gasteiger partial charge in [0.1, 0.15) is 5.76 Å². The number of thioether (sulfide) groups is 1. The molecule has 5 rings (SSSR count). The molecule has 5 aromatic rings. The maximum atomic E-state index is 12.4. The Morgan fingerprint density at radius 1 is 1.00 bits per heavy atom. The molecular formula is C24H21N5O3S2. The maximum Gasteiger partial charge on any atom is 0.323 e. The summed E-state index contributed by atoms with van der Waals surface area (Å²) in [6, 6.07) is 14.3. The van der Waals surface area contributed by atoms with E-state index in [1.807, 2.05) is 50.2 Å². The minimum atomic E-state index is -0.302. The van der Waals surface area contributed by atoms with Gasteiger partial charge in [-0.2, -0.15) is 0 Å². The summed E-state index contributed by atoms with van der Waals surface area (Å²) >= 11 is 3.04. The van der Waals surface area contributed by atoms with Gasteiger partial charge in [-0.3, -0.25) is 4.79 Å². The molecular weight excluding hydrogens is 470 g/mol. The van der Waals surface area contributed by atoms with E-state index in [-0.39, 0.29) is 11.6 Å². The smallest absolute Gasteiger partial charge is 0.323 e. The lowest BCUT2D eigenvalue weighted by atomic mass is 10.1. The van der Waals surface area contributed by atoms with E-state index in [1.165, 1.54) is 39.3 Å². The molecule has 0 saturated carbocycles. The van der Waals surface area contributed by atoms with Gasteiger partial charge in [0.15, 0.2) is 9.99 Å². The van der Waals surface area contributed by atoms with E-state index in [2.05, 4.69) is 20.6 Å². The number of urea groups is 1. The fourth-order valence-corrected chi connectivity index (χ4v) is 5.44. The molecule has 2 N–H and O–H groups in total. The topological polar surface area (TPSA) is 102 Å². The predicted molar refractivity (Wildman–Crippen MR) is 136 cm³/mol. The van der Waals surface area contributed by atoms with E-state index in [9.17, 15) is 9.59 Å². The van der Waals surface area contributed by atoms with Crippen molar-refractivity contribution >= 4 is 56.4 Å². The third-order valence-electron chi connectivity index (χ3n) is 5.26.